The zero-order chi connectivity index (χ0) is 12.1. The molecule has 16 heavy (non-hydrogen) atoms. The Balaban J connectivity index is 2.59. The van der Waals surface area contributed by atoms with Crippen molar-refractivity contribution in [2.45, 2.75) is 33.2 Å². The van der Waals surface area contributed by atoms with Crippen LogP contribution in [0.5, 0.6) is 0 Å². The number of amides is 1. The van der Waals surface area contributed by atoms with Gasteiger partial charge in [-0.15, -0.1) is 0 Å². The third-order valence-electron chi connectivity index (χ3n) is 2.09. The van der Waals surface area contributed by atoms with Gasteiger partial charge in [0, 0.05) is 6.04 Å². The van der Waals surface area contributed by atoms with Crippen molar-refractivity contribution in [2.75, 3.05) is 5.73 Å². The smallest absolute Gasteiger partial charge is 0.271 e. The molecule has 0 fully saturated rings. The molecule has 88 valence electrons. The molecule has 0 radical (unpaired) electrons. The van der Waals surface area contributed by atoms with Crippen molar-refractivity contribution >= 4 is 11.7 Å². The van der Waals surface area contributed by atoms with E-state index in [9.17, 15) is 4.79 Å². The molecule has 1 aromatic rings. The summed E-state index contributed by atoms with van der Waals surface area (Å²) in [6.07, 6.45) is 3.75. The van der Waals surface area contributed by atoms with Gasteiger partial charge in [-0.25, -0.2) is 4.98 Å². The highest BCUT2D eigenvalue weighted by molar-refractivity contribution is 5.92. The van der Waals surface area contributed by atoms with Crippen LogP contribution in [0.1, 0.15) is 37.7 Å². The highest BCUT2D eigenvalue weighted by Gasteiger charge is 2.12. The van der Waals surface area contributed by atoms with Crippen LogP contribution in [0.25, 0.3) is 0 Å². The number of nitrogens with two attached hydrogens (primary N) is 1. The van der Waals surface area contributed by atoms with Crippen molar-refractivity contribution in [3.05, 3.63) is 18.1 Å². The molecule has 1 amide bonds. The number of anilines is 1. The summed E-state index contributed by atoms with van der Waals surface area (Å²) in [4.78, 5) is 19.5. The summed E-state index contributed by atoms with van der Waals surface area (Å²) in [7, 11) is 0. The highest BCUT2D eigenvalue weighted by atomic mass is 16.1. The summed E-state index contributed by atoms with van der Waals surface area (Å²) >= 11 is 0. The maximum absolute atomic E-state index is 11.7. The first-order valence-corrected chi connectivity index (χ1v) is 5.37. The van der Waals surface area contributed by atoms with E-state index >= 15 is 0 Å². The Morgan fingerprint density at radius 1 is 1.44 bits per heavy atom. The van der Waals surface area contributed by atoms with Gasteiger partial charge in [0.2, 0.25) is 0 Å². The SMILES string of the molecule is CC(C)CC(C)NC(=O)c1cncc(N)n1. The van der Waals surface area contributed by atoms with E-state index in [4.69, 9.17) is 5.73 Å². The molecular weight excluding hydrogens is 204 g/mol. The van der Waals surface area contributed by atoms with E-state index in [0.29, 0.717) is 5.92 Å². The Bertz CT molecular complexity index is 365. The zero-order valence-corrected chi connectivity index (χ0v) is 9.90. The number of carbonyl (C=O) groups excluding carboxylic acids is 1. The van der Waals surface area contributed by atoms with Gasteiger partial charge >= 0.3 is 0 Å². The van der Waals surface area contributed by atoms with Crippen molar-refractivity contribution < 1.29 is 4.79 Å². The van der Waals surface area contributed by atoms with Crippen LogP contribution in [0.2, 0.25) is 0 Å². The molecule has 1 atom stereocenters. The average Bonchev–Trinajstić information content (AvgIpc) is 2.16. The largest absolute Gasteiger partial charge is 0.382 e. The summed E-state index contributed by atoms with van der Waals surface area (Å²) in [6.45, 7) is 6.20. The molecule has 0 spiro atoms. The van der Waals surface area contributed by atoms with Gasteiger partial charge in [-0.05, 0) is 19.3 Å². The van der Waals surface area contributed by atoms with E-state index in [1.54, 1.807) is 0 Å². The number of hydrogen-bond donors (Lipinski definition) is 2. The van der Waals surface area contributed by atoms with Gasteiger partial charge in [0.25, 0.3) is 5.91 Å². The number of nitrogens with one attached hydrogen (secondary N) is 1. The number of nitrogens with zero attached hydrogens (tertiary/aromatic N) is 2. The van der Waals surface area contributed by atoms with Gasteiger partial charge < -0.3 is 11.1 Å². The molecule has 0 aliphatic heterocycles. The second-order valence-corrected chi connectivity index (χ2v) is 4.33. The quantitative estimate of drug-likeness (QED) is 0.802. The molecule has 0 aliphatic rings. The zero-order valence-electron chi connectivity index (χ0n) is 9.90. The minimum absolute atomic E-state index is 0.121. The monoisotopic (exact) mass is 222 g/mol. The first kappa shape index (κ1) is 12.4. The fourth-order valence-corrected chi connectivity index (χ4v) is 1.55. The fourth-order valence-electron chi connectivity index (χ4n) is 1.55. The van der Waals surface area contributed by atoms with Crippen LogP contribution in [0.3, 0.4) is 0 Å². The van der Waals surface area contributed by atoms with Crippen LogP contribution >= 0.6 is 0 Å². The standard InChI is InChI=1S/C11H18N4O/c1-7(2)4-8(3)14-11(16)9-5-13-6-10(12)15-9/h5-8H,4H2,1-3H3,(H2,12,15)(H,14,16). The second kappa shape index (κ2) is 5.44. The Kier molecular flexibility index (Phi) is 4.22. The van der Waals surface area contributed by atoms with E-state index in [2.05, 4.69) is 29.1 Å². The van der Waals surface area contributed by atoms with Gasteiger partial charge in [-0.1, -0.05) is 13.8 Å². The van der Waals surface area contributed by atoms with Crippen molar-refractivity contribution in [1.29, 1.82) is 0 Å². The van der Waals surface area contributed by atoms with Gasteiger partial charge in [0.1, 0.15) is 11.5 Å². The van der Waals surface area contributed by atoms with Crippen LogP contribution in [0.15, 0.2) is 12.4 Å². The first-order valence-electron chi connectivity index (χ1n) is 5.37. The van der Waals surface area contributed by atoms with E-state index in [0.717, 1.165) is 6.42 Å². The number of aromatic nitrogens is 2. The predicted molar refractivity (Wildman–Crippen MR) is 62.8 cm³/mol. The molecule has 0 aliphatic carbocycles. The van der Waals surface area contributed by atoms with Crippen molar-refractivity contribution in [1.82, 2.24) is 15.3 Å². The Labute approximate surface area is 95.5 Å². The molecule has 1 aromatic heterocycles. The topological polar surface area (TPSA) is 80.9 Å². The molecule has 0 saturated carbocycles. The number of rotatable bonds is 4. The summed E-state index contributed by atoms with van der Waals surface area (Å²) in [5.41, 5.74) is 5.71. The molecular formula is C11H18N4O. The lowest BCUT2D eigenvalue weighted by Crippen LogP contribution is -2.34. The lowest BCUT2D eigenvalue weighted by molar-refractivity contribution is 0.0931. The summed E-state index contributed by atoms with van der Waals surface area (Å²) in [5.74, 6) is 0.569. The molecule has 1 unspecified atom stereocenters. The minimum atomic E-state index is -0.229. The van der Waals surface area contributed by atoms with Gasteiger partial charge in [-0.2, -0.15) is 0 Å². The van der Waals surface area contributed by atoms with Crippen LogP contribution in [0.4, 0.5) is 5.82 Å². The van der Waals surface area contributed by atoms with Crippen LogP contribution in [0, 0.1) is 5.92 Å². The van der Waals surface area contributed by atoms with Crippen LogP contribution in [-0.4, -0.2) is 21.9 Å². The lowest BCUT2D eigenvalue weighted by atomic mass is 10.1. The molecule has 1 rings (SSSR count). The van der Waals surface area contributed by atoms with Crippen molar-refractivity contribution in [3.8, 4) is 0 Å². The molecule has 3 N–H and O–H groups in total. The summed E-state index contributed by atoms with van der Waals surface area (Å²) in [5, 5.41) is 2.86. The number of carbonyl (C=O) groups is 1. The molecule has 1 heterocycles. The normalized spacial score (nSPS) is 12.5. The molecule has 5 nitrogen and oxygen atoms in total. The molecule has 0 saturated heterocycles. The maximum Gasteiger partial charge on any atom is 0.271 e. The van der Waals surface area contributed by atoms with Crippen LogP contribution < -0.4 is 11.1 Å². The van der Waals surface area contributed by atoms with E-state index in [-0.39, 0.29) is 23.5 Å². The van der Waals surface area contributed by atoms with Crippen molar-refractivity contribution in [2.24, 2.45) is 5.92 Å². The molecule has 0 bridgehead atoms. The maximum atomic E-state index is 11.7. The van der Waals surface area contributed by atoms with Gasteiger partial charge in [0.05, 0.1) is 12.4 Å². The second-order valence-electron chi connectivity index (χ2n) is 4.33. The Morgan fingerprint density at radius 2 is 2.12 bits per heavy atom. The summed E-state index contributed by atoms with van der Waals surface area (Å²) < 4.78 is 0. The van der Waals surface area contributed by atoms with Gasteiger partial charge in [-0.3, -0.25) is 9.78 Å². The predicted octanol–water partition coefficient (Wildman–Crippen LogP) is 1.22. The molecule has 5 heteroatoms. The van der Waals surface area contributed by atoms with Gasteiger partial charge in [0.15, 0.2) is 0 Å². The minimum Gasteiger partial charge on any atom is -0.382 e. The van der Waals surface area contributed by atoms with E-state index < -0.39 is 0 Å². The van der Waals surface area contributed by atoms with E-state index in [1.807, 2.05) is 6.92 Å². The third-order valence-corrected chi connectivity index (χ3v) is 2.09. The summed E-state index contributed by atoms with van der Waals surface area (Å²) in [6, 6.07) is 0.121. The first-order chi connectivity index (χ1) is 7.49. The van der Waals surface area contributed by atoms with Crippen LogP contribution in [-0.2, 0) is 0 Å². The van der Waals surface area contributed by atoms with E-state index in [1.165, 1.54) is 12.4 Å². The Hall–Kier alpha value is -1.65. The molecule has 0 aromatic carbocycles. The third kappa shape index (κ3) is 3.84. The van der Waals surface area contributed by atoms with Crippen molar-refractivity contribution in [3.63, 3.8) is 0 Å². The highest BCUT2D eigenvalue weighted by Crippen LogP contribution is 2.05. The lowest BCUT2D eigenvalue weighted by Gasteiger charge is -2.15. The Morgan fingerprint density at radius 3 is 2.69 bits per heavy atom. The average molecular weight is 222 g/mol. The fraction of sp³-hybridized carbons (Fsp3) is 0.545. The number of nitrogen functional groups attached to an aromatic ring is 1. The number of hydrogen-bond acceptors (Lipinski definition) is 4.